The number of hydrogen-bond acceptors (Lipinski definition) is 4. The smallest absolute Gasteiger partial charge is 0.224 e. The molecule has 138 valence electrons. The molecule has 0 bridgehead atoms. The molecule has 5 heteroatoms. The Hall–Kier alpha value is -1.46. The van der Waals surface area contributed by atoms with Crippen LogP contribution in [-0.4, -0.2) is 71.4 Å². The summed E-state index contributed by atoms with van der Waals surface area (Å²) in [5.41, 5.74) is 1.24. The first kappa shape index (κ1) is 18.3. The van der Waals surface area contributed by atoms with Crippen LogP contribution in [0.3, 0.4) is 0 Å². The van der Waals surface area contributed by atoms with Gasteiger partial charge in [0.25, 0.3) is 0 Å². The van der Waals surface area contributed by atoms with Gasteiger partial charge in [-0.2, -0.15) is 0 Å². The Morgan fingerprint density at radius 3 is 2.48 bits per heavy atom. The zero-order valence-electron chi connectivity index (χ0n) is 15.6. The van der Waals surface area contributed by atoms with Gasteiger partial charge in [-0.15, -0.1) is 0 Å². The summed E-state index contributed by atoms with van der Waals surface area (Å²) in [5, 5.41) is 0. The van der Waals surface area contributed by atoms with Crippen LogP contribution in [0.5, 0.6) is 0 Å². The molecule has 2 fully saturated rings. The number of carbonyl (C=O) groups is 1. The van der Waals surface area contributed by atoms with Crippen molar-refractivity contribution < 1.29 is 4.79 Å². The summed E-state index contributed by atoms with van der Waals surface area (Å²) in [5.74, 6) is 0.321. The van der Waals surface area contributed by atoms with Crippen LogP contribution in [0.25, 0.3) is 0 Å². The van der Waals surface area contributed by atoms with Gasteiger partial charge in [-0.25, -0.2) is 0 Å². The lowest BCUT2D eigenvalue weighted by Gasteiger charge is -2.35. The van der Waals surface area contributed by atoms with E-state index in [2.05, 4.69) is 38.7 Å². The fourth-order valence-electron chi connectivity index (χ4n) is 4.07. The van der Waals surface area contributed by atoms with Gasteiger partial charge < -0.3 is 14.7 Å². The molecule has 2 aliphatic heterocycles. The van der Waals surface area contributed by atoms with E-state index >= 15 is 0 Å². The number of amides is 1. The van der Waals surface area contributed by atoms with Crippen molar-refractivity contribution in [2.75, 3.05) is 45.8 Å². The summed E-state index contributed by atoms with van der Waals surface area (Å²) in [6.07, 6.45) is 8.97. The number of hydrogen-bond donors (Lipinski definition) is 0. The molecular formula is C20H32N4O. The van der Waals surface area contributed by atoms with Crippen LogP contribution in [0.4, 0.5) is 0 Å². The van der Waals surface area contributed by atoms with Gasteiger partial charge in [0.05, 0.1) is 6.04 Å². The van der Waals surface area contributed by atoms with Crippen molar-refractivity contribution in [2.45, 2.75) is 45.1 Å². The van der Waals surface area contributed by atoms with E-state index < -0.39 is 0 Å². The molecule has 2 aliphatic rings. The molecule has 0 aliphatic carbocycles. The lowest BCUT2D eigenvalue weighted by Crippen LogP contribution is -2.47. The highest BCUT2D eigenvalue weighted by Gasteiger charge is 2.27. The maximum absolute atomic E-state index is 13.0. The average molecular weight is 345 g/mol. The molecule has 0 aromatic carbocycles. The van der Waals surface area contributed by atoms with Crippen molar-refractivity contribution in [1.29, 1.82) is 0 Å². The first-order chi connectivity index (χ1) is 12.3. The van der Waals surface area contributed by atoms with E-state index in [1.54, 1.807) is 0 Å². The van der Waals surface area contributed by atoms with Crippen molar-refractivity contribution in [1.82, 2.24) is 19.7 Å². The highest BCUT2D eigenvalue weighted by atomic mass is 16.2. The molecule has 0 saturated carbocycles. The van der Waals surface area contributed by atoms with Crippen LogP contribution in [0.2, 0.25) is 0 Å². The van der Waals surface area contributed by atoms with Gasteiger partial charge in [0.2, 0.25) is 5.91 Å². The first-order valence-corrected chi connectivity index (χ1v) is 9.92. The average Bonchev–Trinajstić information content (AvgIpc) is 2.93. The monoisotopic (exact) mass is 344 g/mol. The molecule has 3 heterocycles. The molecule has 5 nitrogen and oxygen atoms in total. The number of rotatable bonds is 5. The highest BCUT2D eigenvalue weighted by Crippen LogP contribution is 2.30. The van der Waals surface area contributed by atoms with E-state index in [4.69, 9.17) is 0 Å². The molecule has 0 N–H and O–H groups in total. The van der Waals surface area contributed by atoms with Gasteiger partial charge in [0.15, 0.2) is 0 Å². The van der Waals surface area contributed by atoms with Crippen LogP contribution in [0.15, 0.2) is 24.5 Å². The summed E-state index contributed by atoms with van der Waals surface area (Å²) in [4.78, 5) is 24.2. The van der Waals surface area contributed by atoms with Crippen LogP contribution in [0, 0.1) is 0 Å². The molecule has 3 rings (SSSR count). The largest absolute Gasteiger partial charge is 0.336 e. The first-order valence-electron chi connectivity index (χ1n) is 9.92. The molecule has 1 aromatic rings. The SMILES string of the molecule is CCN1CCN(CCC(=O)N2CCCCC[C@H]2c2ccncc2)CC1. The number of nitrogens with zero attached hydrogens (tertiary/aromatic N) is 4. The molecular weight excluding hydrogens is 312 g/mol. The quantitative estimate of drug-likeness (QED) is 0.823. The van der Waals surface area contributed by atoms with Gasteiger partial charge in [-0.1, -0.05) is 19.8 Å². The predicted octanol–water partition coefficient (Wildman–Crippen LogP) is 2.55. The van der Waals surface area contributed by atoms with E-state index in [0.29, 0.717) is 12.3 Å². The number of piperazine rings is 1. The van der Waals surface area contributed by atoms with Crippen LogP contribution in [0.1, 0.15) is 50.6 Å². The third-order valence-electron chi connectivity index (χ3n) is 5.72. The zero-order valence-corrected chi connectivity index (χ0v) is 15.6. The van der Waals surface area contributed by atoms with Crippen molar-refractivity contribution in [3.63, 3.8) is 0 Å². The van der Waals surface area contributed by atoms with Gasteiger partial charge >= 0.3 is 0 Å². The molecule has 0 spiro atoms. The minimum absolute atomic E-state index is 0.231. The Morgan fingerprint density at radius 1 is 1.04 bits per heavy atom. The number of pyridine rings is 1. The van der Waals surface area contributed by atoms with E-state index in [-0.39, 0.29) is 6.04 Å². The summed E-state index contributed by atoms with van der Waals surface area (Å²) in [6, 6.07) is 4.37. The Bertz CT molecular complexity index is 528. The second-order valence-corrected chi connectivity index (χ2v) is 7.26. The molecule has 2 saturated heterocycles. The summed E-state index contributed by atoms with van der Waals surface area (Å²) in [6.45, 7) is 9.60. The second-order valence-electron chi connectivity index (χ2n) is 7.26. The molecule has 25 heavy (non-hydrogen) atoms. The Kier molecular flexibility index (Phi) is 6.82. The molecule has 1 amide bonds. The minimum atomic E-state index is 0.231. The number of likely N-dealkylation sites (N-methyl/N-ethyl adjacent to an activating group) is 1. The Morgan fingerprint density at radius 2 is 1.76 bits per heavy atom. The van der Waals surface area contributed by atoms with Crippen molar-refractivity contribution in [3.8, 4) is 0 Å². The normalized spacial score (nSPS) is 23.4. The summed E-state index contributed by atoms with van der Waals surface area (Å²) >= 11 is 0. The maximum atomic E-state index is 13.0. The fourth-order valence-corrected chi connectivity index (χ4v) is 4.07. The Labute approximate surface area is 152 Å². The number of carbonyl (C=O) groups excluding carboxylic acids is 1. The molecule has 1 aromatic heterocycles. The van der Waals surface area contributed by atoms with Gasteiger partial charge in [0.1, 0.15) is 0 Å². The number of likely N-dealkylation sites (tertiary alicyclic amines) is 1. The third-order valence-corrected chi connectivity index (χ3v) is 5.72. The maximum Gasteiger partial charge on any atom is 0.224 e. The standard InChI is InChI=1S/C20H32N4O/c1-2-22-14-16-23(17-15-22)13-9-20(25)24-12-5-3-4-6-19(24)18-7-10-21-11-8-18/h7-8,10-11,19H,2-6,9,12-17H2,1H3/t19-/m0/s1. The van der Waals surface area contributed by atoms with Gasteiger partial charge in [-0.3, -0.25) is 9.78 Å². The summed E-state index contributed by atoms with van der Waals surface area (Å²) < 4.78 is 0. The van der Waals surface area contributed by atoms with Gasteiger partial charge in [0, 0.05) is 58.1 Å². The topological polar surface area (TPSA) is 39.7 Å². The van der Waals surface area contributed by atoms with E-state index in [1.165, 1.54) is 18.4 Å². The molecule has 0 radical (unpaired) electrons. The fraction of sp³-hybridized carbons (Fsp3) is 0.700. The van der Waals surface area contributed by atoms with Crippen LogP contribution in [-0.2, 0) is 4.79 Å². The molecule has 0 unspecified atom stereocenters. The van der Waals surface area contributed by atoms with E-state index in [9.17, 15) is 4.79 Å². The predicted molar refractivity (Wildman–Crippen MR) is 100 cm³/mol. The lowest BCUT2D eigenvalue weighted by atomic mass is 10.0. The van der Waals surface area contributed by atoms with Gasteiger partial charge in [-0.05, 0) is 37.1 Å². The second kappa shape index (κ2) is 9.30. The molecule has 1 atom stereocenters. The van der Waals surface area contributed by atoms with Crippen LogP contribution >= 0.6 is 0 Å². The zero-order chi connectivity index (χ0) is 17.5. The van der Waals surface area contributed by atoms with Crippen LogP contribution < -0.4 is 0 Å². The van der Waals surface area contributed by atoms with Crippen molar-refractivity contribution >= 4 is 5.91 Å². The lowest BCUT2D eigenvalue weighted by molar-refractivity contribution is -0.134. The van der Waals surface area contributed by atoms with E-state index in [1.807, 2.05) is 12.4 Å². The summed E-state index contributed by atoms with van der Waals surface area (Å²) in [7, 11) is 0. The minimum Gasteiger partial charge on any atom is -0.336 e. The van der Waals surface area contributed by atoms with E-state index in [0.717, 1.165) is 58.7 Å². The number of aromatic nitrogens is 1. The van der Waals surface area contributed by atoms with Crippen molar-refractivity contribution in [2.24, 2.45) is 0 Å². The third kappa shape index (κ3) is 5.02. The highest BCUT2D eigenvalue weighted by molar-refractivity contribution is 5.77. The van der Waals surface area contributed by atoms with Crippen molar-refractivity contribution in [3.05, 3.63) is 30.1 Å². The Balaban J connectivity index is 1.57.